The minimum absolute atomic E-state index is 0.262. The van der Waals surface area contributed by atoms with Gasteiger partial charge in [-0.1, -0.05) is 34.1 Å². The molecule has 0 fully saturated rings. The lowest BCUT2D eigenvalue weighted by Gasteiger charge is -2.09. The van der Waals surface area contributed by atoms with Crippen molar-refractivity contribution in [2.75, 3.05) is 5.32 Å². The molecule has 3 rings (SSSR count). The van der Waals surface area contributed by atoms with E-state index in [0.717, 1.165) is 15.7 Å². The Morgan fingerprint density at radius 1 is 1.10 bits per heavy atom. The number of nitrogens with zero attached hydrogens (tertiary/aromatic N) is 1. The Hall–Kier alpha value is -1.66. The SMILES string of the molecule is O=S1(=O)N=Cc2c(NCc3ccc(Br)cc3)cccc21. The van der Waals surface area contributed by atoms with Crippen LogP contribution in [0.2, 0.25) is 0 Å². The van der Waals surface area contributed by atoms with Crippen LogP contribution in [0.1, 0.15) is 11.1 Å². The van der Waals surface area contributed by atoms with Crippen LogP contribution < -0.4 is 5.32 Å². The van der Waals surface area contributed by atoms with Crippen molar-refractivity contribution in [3.05, 3.63) is 58.1 Å². The van der Waals surface area contributed by atoms with E-state index in [2.05, 4.69) is 25.6 Å². The van der Waals surface area contributed by atoms with Crippen LogP contribution in [0, 0.1) is 0 Å². The highest BCUT2D eigenvalue weighted by atomic mass is 79.9. The van der Waals surface area contributed by atoms with Gasteiger partial charge >= 0.3 is 0 Å². The summed E-state index contributed by atoms with van der Waals surface area (Å²) in [7, 11) is -3.49. The Balaban J connectivity index is 1.85. The number of halogens is 1. The second-order valence-corrected chi connectivity index (χ2v) is 6.92. The number of hydrogen-bond acceptors (Lipinski definition) is 3. The van der Waals surface area contributed by atoms with Gasteiger partial charge in [-0.2, -0.15) is 12.8 Å². The first-order valence-corrected chi connectivity index (χ1v) is 8.21. The second kappa shape index (κ2) is 5.03. The summed E-state index contributed by atoms with van der Waals surface area (Å²) in [5.41, 5.74) is 2.52. The summed E-state index contributed by atoms with van der Waals surface area (Å²) < 4.78 is 28.0. The molecule has 2 aromatic carbocycles. The summed E-state index contributed by atoms with van der Waals surface area (Å²) in [5.74, 6) is 0. The smallest absolute Gasteiger partial charge is 0.283 e. The van der Waals surface area contributed by atoms with Gasteiger partial charge in [0.15, 0.2) is 0 Å². The topological polar surface area (TPSA) is 58.5 Å². The molecule has 2 aromatic rings. The first kappa shape index (κ1) is 13.3. The highest BCUT2D eigenvalue weighted by Gasteiger charge is 2.23. The number of nitrogens with one attached hydrogen (secondary N) is 1. The average molecular weight is 351 g/mol. The normalized spacial score (nSPS) is 15.1. The van der Waals surface area contributed by atoms with E-state index in [1.165, 1.54) is 6.21 Å². The highest BCUT2D eigenvalue weighted by molar-refractivity contribution is 9.10. The van der Waals surface area contributed by atoms with E-state index in [-0.39, 0.29) is 4.90 Å². The van der Waals surface area contributed by atoms with E-state index >= 15 is 0 Å². The third-order valence-electron chi connectivity index (χ3n) is 3.06. The summed E-state index contributed by atoms with van der Waals surface area (Å²) in [4.78, 5) is 0.262. The monoisotopic (exact) mass is 350 g/mol. The molecule has 4 nitrogen and oxygen atoms in total. The van der Waals surface area contributed by atoms with Crippen molar-refractivity contribution in [1.82, 2.24) is 0 Å². The van der Waals surface area contributed by atoms with E-state index in [9.17, 15) is 8.42 Å². The zero-order chi connectivity index (χ0) is 14.2. The van der Waals surface area contributed by atoms with E-state index in [1.807, 2.05) is 30.3 Å². The molecule has 6 heteroatoms. The number of hydrogen-bond donors (Lipinski definition) is 1. The molecular formula is C14H11BrN2O2S. The largest absolute Gasteiger partial charge is 0.380 e. The lowest BCUT2D eigenvalue weighted by atomic mass is 10.1. The maximum absolute atomic E-state index is 11.7. The third kappa shape index (κ3) is 2.48. The van der Waals surface area contributed by atoms with E-state index in [0.29, 0.717) is 12.1 Å². The Morgan fingerprint density at radius 2 is 1.85 bits per heavy atom. The van der Waals surface area contributed by atoms with Crippen molar-refractivity contribution in [2.24, 2.45) is 4.40 Å². The predicted molar refractivity (Wildman–Crippen MR) is 82.7 cm³/mol. The van der Waals surface area contributed by atoms with Crippen LogP contribution in [0.3, 0.4) is 0 Å². The number of anilines is 1. The lowest BCUT2D eigenvalue weighted by Crippen LogP contribution is -2.03. The quantitative estimate of drug-likeness (QED) is 0.924. The minimum atomic E-state index is -3.49. The Bertz CT molecular complexity index is 783. The standard InChI is InChI=1S/C14H11BrN2O2S/c15-11-6-4-10(5-7-11)8-16-13-2-1-3-14-12(13)9-17-20(14,18)19/h1-7,9,16H,8H2. The number of sulfonamides is 1. The van der Waals surface area contributed by atoms with Gasteiger partial charge in [0.05, 0.1) is 6.21 Å². The zero-order valence-corrected chi connectivity index (χ0v) is 12.8. The summed E-state index contributed by atoms with van der Waals surface area (Å²) in [6.45, 7) is 0.623. The van der Waals surface area contributed by atoms with Crippen molar-refractivity contribution < 1.29 is 8.42 Å². The first-order valence-electron chi connectivity index (χ1n) is 5.98. The second-order valence-electron chi connectivity index (χ2n) is 4.41. The first-order chi connectivity index (χ1) is 9.56. The van der Waals surface area contributed by atoms with Crippen molar-refractivity contribution >= 4 is 37.9 Å². The lowest BCUT2D eigenvalue weighted by molar-refractivity contribution is 0.599. The minimum Gasteiger partial charge on any atom is -0.380 e. The van der Waals surface area contributed by atoms with Crippen molar-refractivity contribution in [2.45, 2.75) is 11.4 Å². The van der Waals surface area contributed by atoms with Crippen LogP contribution in [0.4, 0.5) is 5.69 Å². The molecule has 0 radical (unpaired) electrons. The number of fused-ring (bicyclic) bond motifs is 1. The van der Waals surface area contributed by atoms with Crippen LogP contribution in [-0.2, 0) is 16.6 Å². The summed E-state index contributed by atoms with van der Waals surface area (Å²) >= 11 is 3.39. The van der Waals surface area contributed by atoms with Gasteiger partial charge in [-0.15, -0.1) is 0 Å². The molecule has 0 amide bonds. The highest BCUT2D eigenvalue weighted by Crippen LogP contribution is 2.28. The third-order valence-corrected chi connectivity index (χ3v) is 4.88. The average Bonchev–Trinajstić information content (AvgIpc) is 2.75. The summed E-state index contributed by atoms with van der Waals surface area (Å²) in [5, 5.41) is 3.25. The Morgan fingerprint density at radius 3 is 2.60 bits per heavy atom. The molecule has 0 aliphatic carbocycles. The van der Waals surface area contributed by atoms with Gasteiger partial charge in [0.2, 0.25) is 0 Å². The van der Waals surface area contributed by atoms with Gasteiger partial charge in [0, 0.05) is 22.3 Å². The zero-order valence-electron chi connectivity index (χ0n) is 10.4. The van der Waals surface area contributed by atoms with E-state index in [1.54, 1.807) is 12.1 Å². The van der Waals surface area contributed by atoms with Crippen molar-refractivity contribution in [1.29, 1.82) is 0 Å². The molecular weight excluding hydrogens is 340 g/mol. The molecule has 0 saturated heterocycles. The summed E-state index contributed by atoms with van der Waals surface area (Å²) in [6.07, 6.45) is 1.40. The molecule has 1 heterocycles. The van der Waals surface area contributed by atoms with Crippen molar-refractivity contribution in [3.63, 3.8) is 0 Å². The maximum atomic E-state index is 11.7. The molecule has 0 atom stereocenters. The van der Waals surface area contributed by atoms with Crippen LogP contribution in [0.25, 0.3) is 0 Å². The molecule has 20 heavy (non-hydrogen) atoms. The molecule has 1 N–H and O–H groups in total. The van der Waals surface area contributed by atoms with Crippen molar-refractivity contribution in [3.8, 4) is 0 Å². The summed E-state index contributed by atoms with van der Waals surface area (Å²) in [6, 6.07) is 13.1. The maximum Gasteiger partial charge on any atom is 0.283 e. The predicted octanol–water partition coefficient (Wildman–Crippen LogP) is 3.18. The fourth-order valence-electron chi connectivity index (χ4n) is 2.03. The molecule has 0 saturated carbocycles. The van der Waals surface area contributed by atoms with Crippen LogP contribution in [-0.4, -0.2) is 14.6 Å². The molecule has 1 aliphatic rings. The van der Waals surface area contributed by atoms with Gasteiger partial charge in [0.1, 0.15) is 4.90 Å². The number of rotatable bonds is 3. The Labute approximate surface area is 125 Å². The Kier molecular flexibility index (Phi) is 3.35. The van der Waals surface area contributed by atoms with Gasteiger partial charge in [-0.25, -0.2) is 0 Å². The van der Waals surface area contributed by atoms with Gasteiger partial charge in [0.25, 0.3) is 10.0 Å². The van der Waals surface area contributed by atoms with Gasteiger partial charge in [-0.05, 0) is 29.8 Å². The molecule has 0 bridgehead atoms. The molecule has 0 aromatic heterocycles. The van der Waals surface area contributed by atoms with E-state index in [4.69, 9.17) is 0 Å². The fraction of sp³-hybridized carbons (Fsp3) is 0.0714. The van der Waals surface area contributed by atoms with Gasteiger partial charge in [-0.3, -0.25) is 0 Å². The molecule has 102 valence electrons. The van der Waals surface area contributed by atoms with E-state index < -0.39 is 10.0 Å². The van der Waals surface area contributed by atoms with Crippen LogP contribution in [0.5, 0.6) is 0 Å². The fourth-order valence-corrected chi connectivity index (χ4v) is 3.35. The number of benzene rings is 2. The molecule has 1 aliphatic heterocycles. The molecule has 0 unspecified atom stereocenters. The van der Waals surface area contributed by atoms with Crippen LogP contribution in [0.15, 0.2) is 56.2 Å². The van der Waals surface area contributed by atoms with Gasteiger partial charge < -0.3 is 5.32 Å². The van der Waals surface area contributed by atoms with Crippen LogP contribution >= 0.6 is 15.9 Å². The molecule has 0 spiro atoms.